The monoisotopic (exact) mass is 464 g/mol. The van der Waals surface area contributed by atoms with Gasteiger partial charge in [0.05, 0.1) is 19.3 Å². The third-order valence-electron chi connectivity index (χ3n) is 4.65. The van der Waals surface area contributed by atoms with Gasteiger partial charge >= 0.3 is 13.7 Å². The Balaban J connectivity index is 1.69. The fourth-order valence-electron chi connectivity index (χ4n) is 2.98. The highest BCUT2D eigenvalue weighted by molar-refractivity contribution is 7.52. The number of aryl methyl sites for hydroxylation is 1. The molecule has 172 valence electrons. The van der Waals surface area contributed by atoms with Crippen LogP contribution < -0.4 is 15.2 Å². The molecule has 3 N–H and O–H groups in total. The zero-order valence-electron chi connectivity index (χ0n) is 17.8. The van der Waals surface area contributed by atoms with E-state index in [9.17, 15) is 19.3 Å². The van der Waals surface area contributed by atoms with Crippen molar-refractivity contribution in [2.75, 3.05) is 13.7 Å². The van der Waals surface area contributed by atoms with Gasteiger partial charge in [-0.25, -0.2) is 4.57 Å². The maximum Gasteiger partial charge on any atom is 0.459 e. The molecule has 0 saturated heterocycles. The van der Waals surface area contributed by atoms with Gasteiger partial charge in [0.15, 0.2) is 5.88 Å². The van der Waals surface area contributed by atoms with E-state index in [4.69, 9.17) is 13.8 Å². The Morgan fingerprint density at radius 2 is 2.03 bits per heavy atom. The number of pyridine rings is 1. The van der Waals surface area contributed by atoms with E-state index in [1.807, 2.05) is 0 Å². The van der Waals surface area contributed by atoms with E-state index in [1.54, 1.807) is 49.4 Å². The Morgan fingerprint density at radius 3 is 2.72 bits per heavy atom. The summed E-state index contributed by atoms with van der Waals surface area (Å²) in [7, 11) is -2.78. The molecular weight excluding hydrogens is 439 g/mol. The van der Waals surface area contributed by atoms with Gasteiger partial charge in [0.2, 0.25) is 0 Å². The third-order valence-corrected chi connectivity index (χ3v) is 6.30. The molecule has 0 aliphatic carbocycles. The number of para-hydroxylation sites is 1. The highest BCUT2D eigenvalue weighted by atomic mass is 31.2. The molecule has 2 unspecified atom stereocenters. The van der Waals surface area contributed by atoms with Crippen LogP contribution in [-0.4, -0.2) is 41.9 Å². The molecule has 0 saturated carbocycles. The molecule has 0 spiro atoms. The minimum atomic E-state index is -4.00. The van der Waals surface area contributed by atoms with Gasteiger partial charge in [-0.1, -0.05) is 30.4 Å². The molecule has 2 aromatic rings. The molecule has 4 atom stereocenters. The SMILES string of the molecule is COC(=O)C(C)NP(=O)(OC[C@@H]1C=C[C@H](c2cc(C)c(O)[nH]c2=O)O1)Oc1ccccc1. The predicted molar refractivity (Wildman–Crippen MR) is 115 cm³/mol. The second-order valence-electron chi connectivity index (χ2n) is 7.14. The number of esters is 1. The maximum atomic E-state index is 13.3. The number of methoxy groups -OCH3 is 1. The number of carbonyl (C=O) groups excluding carboxylic acids is 1. The summed E-state index contributed by atoms with van der Waals surface area (Å²) in [4.78, 5) is 26.3. The quantitative estimate of drug-likeness (QED) is 0.291. The van der Waals surface area contributed by atoms with Crippen LogP contribution >= 0.6 is 7.75 Å². The Kier molecular flexibility index (Phi) is 7.52. The molecule has 1 aliphatic rings. The number of benzene rings is 1. The highest BCUT2D eigenvalue weighted by Crippen LogP contribution is 2.45. The smallest absolute Gasteiger partial charge is 0.459 e. The Labute approximate surface area is 184 Å². The third kappa shape index (κ3) is 5.86. The predicted octanol–water partition coefficient (Wildman–Crippen LogP) is 2.74. The average molecular weight is 464 g/mol. The Hall–Kier alpha value is -2.91. The molecule has 0 bridgehead atoms. The van der Waals surface area contributed by atoms with Crippen LogP contribution in [-0.2, 0) is 23.4 Å². The minimum absolute atomic E-state index is 0.174. The van der Waals surface area contributed by atoms with Crippen LogP contribution in [0.15, 0.2) is 53.3 Å². The van der Waals surface area contributed by atoms with Crippen molar-refractivity contribution >= 4 is 13.7 Å². The molecule has 10 nitrogen and oxygen atoms in total. The molecule has 2 heterocycles. The standard InChI is InChI=1S/C21H25N2O8P/c1-13-11-17(20(25)22-19(13)24)18-10-9-16(30-18)12-29-32(27,23-14(2)21(26)28-3)31-15-7-5-4-6-8-15/h4-11,14,16,18H,12H2,1-3H3,(H,23,27)(H2,22,24,25)/t14?,16-,18+,32?/m0/s1. The summed E-state index contributed by atoms with van der Waals surface area (Å²) in [5.41, 5.74) is 0.342. The number of aromatic hydroxyl groups is 1. The van der Waals surface area contributed by atoms with Gasteiger partial charge in [-0.3, -0.25) is 19.1 Å². The number of aromatic nitrogens is 1. The van der Waals surface area contributed by atoms with Crippen molar-refractivity contribution in [3.63, 3.8) is 0 Å². The number of aromatic amines is 1. The summed E-state index contributed by atoms with van der Waals surface area (Å²) in [6.07, 6.45) is 2.05. The first-order valence-electron chi connectivity index (χ1n) is 9.82. The first-order valence-corrected chi connectivity index (χ1v) is 11.4. The molecule has 1 aliphatic heterocycles. The summed E-state index contributed by atoms with van der Waals surface area (Å²) in [6.45, 7) is 2.95. The first kappa shape index (κ1) is 23.7. The van der Waals surface area contributed by atoms with Crippen molar-refractivity contribution in [1.29, 1.82) is 0 Å². The summed E-state index contributed by atoms with van der Waals surface area (Å²) < 4.78 is 34.9. The molecule has 0 amide bonds. The van der Waals surface area contributed by atoms with Gasteiger partial charge in [0.25, 0.3) is 5.56 Å². The van der Waals surface area contributed by atoms with E-state index in [2.05, 4.69) is 14.8 Å². The summed E-state index contributed by atoms with van der Waals surface area (Å²) >= 11 is 0. The van der Waals surface area contributed by atoms with Gasteiger partial charge in [0.1, 0.15) is 24.0 Å². The molecule has 11 heteroatoms. The molecule has 1 aromatic heterocycles. The lowest BCUT2D eigenvalue weighted by Gasteiger charge is -2.23. The maximum absolute atomic E-state index is 13.3. The highest BCUT2D eigenvalue weighted by Gasteiger charge is 2.34. The van der Waals surface area contributed by atoms with Crippen LogP contribution in [0.3, 0.4) is 0 Å². The van der Waals surface area contributed by atoms with Gasteiger partial charge in [-0.05, 0) is 32.0 Å². The second kappa shape index (κ2) is 10.1. The summed E-state index contributed by atoms with van der Waals surface area (Å²) in [6, 6.07) is 8.95. The fourth-order valence-corrected chi connectivity index (χ4v) is 4.48. The van der Waals surface area contributed by atoms with E-state index in [0.717, 1.165) is 0 Å². The van der Waals surface area contributed by atoms with Gasteiger partial charge in [-0.2, -0.15) is 5.09 Å². The average Bonchev–Trinajstić information content (AvgIpc) is 3.23. The van der Waals surface area contributed by atoms with Crippen molar-refractivity contribution in [2.24, 2.45) is 0 Å². The Morgan fingerprint density at radius 1 is 1.31 bits per heavy atom. The zero-order valence-corrected chi connectivity index (χ0v) is 18.7. The van der Waals surface area contributed by atoms with Crippen molar-refractivity contribution in [1.82, 2.24) is 10.1 Å². The van der Waals surface area contributed by atoms with Crippen LogP contribution in [0.5, 0.6) is 11.6 Å². The van der Waals surface area contributed by atoms with E-state index in [-0.39, 0.29) is 18.2 Å². The molecule has 0 fully saturated rings. The fraction of sp³-hybridized carbons (Fsp3) is 0.333. The van der Waals surface area contributed by atoms with E-state index >= 15 is 0 Å². The molecular formula is C21H25N2O8P. The summed E-state index contributed by atoms with van der Waals surface area (Å²) in [5.74, 6) is -0.554. The second-order valence-corrected chi connectivity index (χ2v) is 8.83. The number of nitrogens with one attached hydrogen (secondary N) is 2. The molecule has 0 radical (unpaired) electrons. The van der Waals surface area contributed by atoms with Crippen molar-refractivity contribution in [3.8, 4) is 11.6 Å². The van der Waals surface area contributed by atoms with Gasteiger partial charge < -0.3 is 19.1 Å². The van der Waals surface area contributed by atoms with Crippen LogP contribution in [0.2, 0.25) is 0 Å². The Bertz CT molecular complexity index is 1080. The van der Waals surface area contributed by atoms with Crippen molar-refractivity contribution in [3.05, 3.63) is 70.0 Å². The van der Waals surface area contributed by atoms with E-state index in [0.29, 0.717) is 11.1 Å². The summed E-state index contributed by atoms with van der Waals surface area (Å²) in [5, 5.41) is 12.2. The lowest BCUT2D eigenvalue weighted by atomic mass is 10.1. The lowest BCUT2D eigenvalue weighted by Crippen LogP contribution is -2.35. The van der Waals surface area contributed by atoms with Gasteiger partial charge in [0, 0.05) is 5.56 Å². The lowest BCUT2D eigenvalue weighted by molar-refractivity contribution is -0.142. The van der Waals surface area contributed by atoms with Crippen LogP contribution in [0.25, 0.3) is 0 Å². The van der Waals surface area contributed by atoms with Gasteiger partial charge in [-0.15, -0.1) is 0 Å². The van der Waals surface area contributed by atoms with E-state index in [1.165, 1.54) is 20.1 Å². The van der Waals surface area contributed by atoms with Crippen molar-refractivity contribution in [2.45, 2.75) is 32.1 Å². The number of rotatable bonds is 9. The van der Waals surface area contributed by atoms with E-state index < -0.39 is 37.5 Å². The number of carbonyl (C=O) groups is 1. The van der Waals surface area contributed by atoms with Crippen LogP contribution in [0.4, 0.5) is 0 Å². The number of H-pyrrole nitrogens is 1. The van der Waals surface area contributed by atoms with Crippen LogP contribution in [0.1, 0.15) is 24.2 Å². The topological polar surface area (TPSA) is 136 Å². The number of hydrogen-bond donors (Lipinski definition) is 3. The normalized spacial score (nSPS) is 20.5. The minimum Gasteiger partial charge on any atom is -0.494 e. The zero-order chi connectivity index (χ0) is 23.3. The molecule has 32 heavy (non-hydrogen) atoms. The molecule has 3 rings (SSSR count). The largest absolute Gasteiger partial charge is 0.494 e. The number of hydrogen-bond acceptors (Lipinski definition) is 8. The molecule has 1 aromatic carbocycles. The number of ether oxygens (including phenoxy) is 2. The van der Waals surface area contributed by atoms with Crippen molar-refractivity contribution < 1.29 is 33.0 Å². The van der Waals surface area contributed by atoms with Crippen LogP contribution in [0, 0.1) is 6.92 Å². The first-order chi connectivity index (χ1) is 15.2.